The lowest BCUT2D eigenvalue weighted by Crippen LogP contribution is -2.58. The van der Waals surface area contributed by atoms with Crippen LogP contribution in [0.4, 0.5) is 0 Å². The van der Waals surface area contributed by atoms with Crippen LogP contribution in [-0.2, 0) is 27.2 Å². The minimum absolute atomic E-state index is 0.152. The molecule has 218 valence electrons. The Morgan fingerprint density at radius 2 is 1.73 bits per heavy atom. The van der Waals surface area contributed by atoms with Gasteiger partial charge in [-0.05, 0) is 60.9 Å². The molecule has 2 aromatic carbocycles. The normalized spacial score (nSPS) is 22.0. The standard InChI is InChI=1S/C31H44N4O5/c1-5-9-25-29(37)33-17-8-11-23-10-6-7-12-27(23)40-19-18-32-26(20-22-13-15-24(36)16-14-22)31(39)35(4)28(21(2)3)30(38)34-25/h6-7,10,12-16,21,25-26,28,32,36H,5,8-9,11,17-20H2,1-4H3,(H,33,37)(H,34,38)/t25-,26+,28+/m0/s1. The topological polar surface area (TPSA) is 120 Å². The molecule has 1 aliphatic heterocycles. The van der Waals surface area contributed by atoms with Crippen LogP contribution in [0.2, 0.25) is 0 Å². The van der Waals surface area contributed by atoms with E-state index in [1.165, 1.54) is 4.90 Å². The zero-order valence-corrected chi connectivity index (χ0v) is 24.1. The molecule has 4 N–H and O–H groups in total. The highest BCUT2D eigenvalue weighted by atomic mass is 16.5. The Kier molecular flexibility index (Phi) is 11.8. The summed E-state index contributed by atoms with van der Waals surface area (Å²) >= 11 is 0. The van der Waals surface area contributed by atoms with E-state index in [9.17, 15) is 19.5 Å². The van der Waals surface area contributed by atoms with Crippen molar-refractivity contribution in [3.8, 4) is 11.5 Å². The Morgan fingerprint density at radius 1 is 1.00 bits per heavy atom. The Bertz CT molecular complexity index is 1120. The molecule has 0 aromatic heterocycles. The summed E-state index contributed by atoms with van der Waals surface area (Å²) in [5.41, 5.74) is 1.92. The van der Waals surface area contributed by atoms with Crippen LogP contribution in [0.15, 0.2) is 48.5 Å². The number of hydrogen-bond donors (Lipinski definition) is 4. The fourth-order valence-corrected chi connectivity index (χ4v) is 5.10. The van der Waals surface area contributed by atoms with E-state index in [1.54, 1.807) is 31.3 Å². The Labute approximate surface area is 237 Å². The first-order valence-electron chi connectivity index (χ1n) is 14.3. The number of carbonyl (C=O) groups excluding carboxylic acids is 3. The number of hydrogen-bond acceptors (Lipinski definition) is 6. The number of phenols is 1. The van der Waals surface area contributed by atoms with Gasteiger partial charge >= 0.3 is 0 Å². The maximum Gasteiger partial charge on any atom is 0.243 e. The van der Waals surface area contributed by atoms with Gasteiger partial charge in [0.05, 0.1) is 6.04 Å². The first kappa shape index (κ1) is 30.9. The zero-order chi connectivity index (χ0) is 29.1. The first-order valence-corrected chi connectivity index (χ1v) is 14.3. The summed E-state index contributed by atoms with van der Waals surface area (Å²) in [6.45, 7) is 7.01. The molecule has 0 bridgehead atoms. The van der Waals surface area contributed by atoms with E-state index in [1.807, 2.05) is 45.0 Å². The number of benzene rings is 2. The molecular formula is C31H44N4O5. The first-order chi connectivity index (χ1) is 19.2. The van der Waals surface area contributed by atoms with E-state index < -0.39 is 18.1 Å². The number of aromatic hydroxyl groups is 1. The molecule has 0 unspecified atom stereocenters. The van der Waals surface area contributed by atoms with Gasteiger partial charge in [-0.2, -0.15) is 0 Å². The van der Waals surface area contributed by atoms with Gasteiger partial charge in [0.1, 0.15) is 30.2 Å². The average molecular weight is 553 g/mol. The third-order valence-electron chi connectivity index (χ3n) is 7.19. The molecule has 0 fully saturated rings. The van der Waals surface area contributed by atoms with Crippen LogP contribution in [0.1, 0.15) is 51.2 Å². The van der Waals surface area contributed by atoms with Crippen LogP contribution < -0.4 is 20.7 Å². The third-order valence-corrected chi connectivity index (χ3v) is 7.19. The number of carbonyl (C=O) groups is 3. The van der Waals surface area contributed by atoms with E-state index >= 15 is 0 Å². The highest BCUT2D eigenvalue weighted by Gasteiger charge is 2.35. The van der Waals surface area contributed by atoms with Gasteiger partial charge in [-0.25, -0.2) is 0 Å². The van der Waals surface area contributed by atoms with Crippen molar-refractivity contribution >= 4 is 17.7 Å². The van der Waals surface area contributed by atoms with Gasteiger partial charge < -0.3 is 30.7 Å². The molecule has 1 heterocycles. The number of amides is 3. The Hall–Kier alpha value is -3.59. The fraction of sp³-hybridized carbons (Fsp3) is 0.516. The molecule has 0 saturated carbocycles. The van der Waals surface area contributed by atoms with Crippen molar-refractivity contribution in [3.63, 3.8) is 0 Å². The van der Waals surface area contributed by atoms with Crippen molar-refractivity contribution in [1.82, 2.24) is 20.9 Å². The molecule has 3 amide bonds. The quantitative estimate of drug-likeness (QED) is 0.453. The maximum absolute atomic E-state index is 13.9. The monoisotopic (exact) mass is 552 g/mol. The van der Waals surface area contributed by atoms with Crippen molar-refractivity contribution in [3.05, 3.63) is 59.7 Å². The second-order valence-corrected chi connectivity index (χ2v) is 10.7. The van der Waals surface area contributed by atoms with E-state index in [-0.39, 0.29) is 29.4 Å². The van der Waals surface area contributed by atoms with Gasteiger partial charge in [-0.3, -0.25) is 14.4 Å². The number of aryl methyl sites for hydroxylation is 1. The molecular weight excluding hydrogens is 508 g/mol. The summed E-state index contributed by atoms with van der Waals surface area (Å²) in [4.78, 5) is 41.9. The van der Waals surface area contributed by atoms with Crippen LogP contribution in [0, 0.1) is 5.92 Å². The maximum atomic E-state index is 13.9. The van der Waals surface area contributed by atoms with E-state index in [4.69, 9.17) is 4.74 Å². The zero-order valence-electron chi connectivity index (χ0n) is 24.1. The van der Waals surface area contributed by atoms with Gasteiger partial charge in [-0.15, -0.1) is 0 Å². The molecule has 0 aliphatic carbocycles. The van der Waals surface area contributed by atoms with Gasteiger partial charge in [0.15, 0.2) is 0 Å². The number of nitrogens with zero attached hydrogens (tertiary/aromatic N) is 1. The molecule has 2 aromatic rings. The number of phenolic OH excluding ortho intramolecular Hbond substituents is 1. The largest absolute Gasteiger partial charge is 0.508 e. The van der Waals surface area contributed by atoms with Crippen LogP contribution in [0.3, 0.4) is 0 Å². The summed E-state index contributed by atoms with van der Waals surface area (Å²) in [6, 6.07) is 12.5. The van der Waals surface area contributed by atoms with E-state index in [2.05, 4.69) is 16.0 Å². The molecule has 0 spiro atoms. The minimum Gasteiger partial charge on any atom is -0.508 e. The second kappa shape index (κ2) is 15.3. The van der Waals surface area contributed by atoms with Crippen molar-refractivity contribution in [2.24, 2.45) is 5.92 Å². The molecule has 3 atom stereocenters. The summed E-state index contributed by atoms with van der Waals surface area (Å²) in [7, 11) is 1.64. The lowest BCUT2D eigenvalue weighted by atomic mass is 9.98. The highest BCUT2D eigenvalue weighted by molar-refractivity contribution is 5.93. The minimum atomic E-state index is -0.759. The number of ether oxygens (including phenoxy) is 1. The fourth-order valence-electron chi connectivity index (χ4n) is 5.10. The molecule has 9 nitrogen and oxygen atoms in total. The molecule has 40 heavy (non-hydrogen) atoms. The van der Waals surface area contributed by atoms with Gasteiger partial charge in [0.25, 0.3) is 0 Å². The van der Waals surface area contributed by atoms with E-state index in [0.29, 0.717) is 32.5 Å². The number of likely N-dealkylation sites (N-methyl/N-ethyl adjacent to an activating group) is 1. The SMILES string of the molecule is CCC[C@@H]1NC(=O)[C@@H](C(C)C)N(C)C(=O)[C@@H](Cc2ccc(O)cc2)NCCOc2ccccc2CCCNC1=O. The Morgan fingerprint density at radius 3 is 2.42 bits per heavy atom. The van der Waals surface area contributed by atoms with Gasteiger partial charge in [0.2, 0.25) is 17.7 Å². The van der Waals surface area contributed by atoms with Crippen molar-refractivity contribution in [2.75, 3.05) is 26.7 Å². The molecule has 1 aliphatic rings. The Balaban J connectivity index is 1.90. The number of rotatable bonds is 5. The van der Waals surface area contributed by atoms with Crippen molar-refractivity contribution in [1.29, 1.82) is 0 Å². The summed E-state index contributed by atoms with van der Waals surface area (Å²) in [5.74, 6) is -0.0465. The second-order valence-electron chi connectivity index (χ2n) is 10.7. The van der Waals surface area contributed by atoms with Gasteiger partial charge in [0, 0.05) is 20.1 Å². The third kappa shape index (κ3) is 8.71. The predicted octanol–water partition coefficient (Wildman–Crippen LogP) is 2.80. The van der Waals surface area contributed by atoms with Crippen LogP contribution in [0.25, 0.3) is 0 Å². The summed E-state index contributed by atoms with van der Waals surface area (Å²) in [5, 5.41) is 18.9. The van der Waals surface area contributed by atoms with Crippen molar-refractivity contribution < 1.29 is 24.2 Å². The van der Waals surface area contributed by atoms with Crippen LogP contribution >= 0.6 is 0 Å². The number of fused-ring (bicyclic) bond motifs is 1. The molecule has 0 radical (unpaired) electrons. The number of para-hydroxylation sites is 1. The molecule has 3 rings (SSSR count). The molecule has 0 saturated heterocycles. The summed E-state index contributed by atoms with van der Waals surface area (Å²) < 4.78 is 6.08. The van der Waals surface area contributed by atoms with Crippen molar-refractivity contribution in [2.45, 2.75) is 71.0 Å². The highest BCUT2D eigenvalue weighted by Crippen LogP contribution is 2.20. The van der Waals surface area contributed by atoms with E-state index in [0.717, 1.165) is 36.1 Å². The van der Waals surface area contributed by atoms with Gasteiger partial charge in [-0.1, -0.05) is 57.5 Å². The van der Waals surface area contributed by atoms with Crippen LogP contribution in [0.5, 0.6) is 11.5 Å². The number of nitrogens with one attached hydrogen (secondary N) is 3. The smallest absolute Gasteiger partial charge is 0.243 e. The molecule has 9 heteroatoms. The lowest BCUT2D eigenvalue weighted by molar-refractivity contribution is -0.143. The lowest BCUT2D eigenvalue weighted by Gasteiger charge is -2.34. The summed E-state index contributed by atoms with van der Waals surface area (Å²) in [6.07, 6.45) is 3.06. The predicted molar refractivity (Wildman–Crippen MR) is 155 cm³/mol. The van der Waals surface area contributed by atoms with Crippen LogP contribution in [-0.4, -0.2) is 72.6 Å². The average Bonchev–Trinajstić information content (AvgIpc) is 2.93.